The second-order valence-electron chi connectivity index (χ2n) is 3.13. The van der Waals surface area contributed by atoms with Gasteiger partial charge < -0.3 is 9.80 Å². The third kappa shape index (κ3) is 2.59. The van der Waals surface area contributed by atoms with Crippen LogP contribution in [-0.4, -0.2) is 54.5 Å². The highest BCUT2D eigenvalue weighted by atomic mass is 32.2. The molecule has 1 fully saturated rings. The summed E-state index contributed by atoms with van der Waals surface area (Å²) in [7, 11) is 3.61. The van der Waals surface area contributed by atoms with Crippen LogP contribution in [0.15, 0.2) is 0 Å². The van der Waals surface area contributed by atoms with Crippen molar-refractivity contribution in [2.75, 3.05) is 38.7 Å². The average molecular weight is 188 g/mol. The number of carbonyl (C=O) groups is 1. The molecule has 1 aliphatic heterocycles. The molecule has 70 valence electrons. The van der Waals surface area contributed by atoms with Gasteiger partial charge in [-0.3, -0.25) is 0 Å². The molecule has 0 atom stereocenters. The van der Waals surface area contributed by atoms with E-state index in [1.165, 1.54) is 5.75 Å². The number of hydrogen-bond donors (Lipinski definition) is 0. The fourth-order valence-corrected chi connectivity index (χ4v) is 2.11. The summed E-state index contributed by atoms with van der Waals surface area (Å²) in [5, 5.41) is 0. The number of thioether (sulfide) groups is 1. The van der Waals surface area contributed by atoms with Crippen molar-refractivity contribution in [1.82, 2.24) is 9.80 Å². The number of amides is 2. The lowest BCUT2D eigenvalue weighted by Gasteiger charge is -2.23. The van der Waals surface area contributed by atoms with Crippen LogP contribution in [0.2, 0.25) is 0 Å². The monoisotopic (exact) mass is 188 g/mol. The summed E-state index contributed by atoms with van der Waals surface area (Å²) in [5.74, 6) is 2.27. The lowest BCUT2D eigenvalue weighted by atomic mass is 10.4. The molecule has 3 nitrogen and oxygen atoms in total. The molecule has 1 saturated heterocycles. The summed E-state index contributed by atoms with van der Waals surface area (Å²) < 4.78 is 0. The molecule has 0 aromatic rings. The fourth-order valence-electron chi connectivity index (χ4n) is 1.22. The molecular formula is C8H16N2OS. The third-order valence-corrected chi connectivity index (χ3v) is 2.92. The topological polar surface area (TPSA) is 23.6 Å². The van der Waals surface area contributed by atoms with Crippen LogP contribution < -0.4 is 0 Å². The van der Waals surface area contributed by atoms with Crippen molar-refractivity contribution in [3.8, 4) is 0 Å². The summed E-state index contributed by atoms with van der Waals surface area (Å²) in [5.41, 5.74) is 0. The van der Waals surface area contributed by atoms with Crippen LogP contribution in [0.3, 0.4) is 0 Å². The minimum absolute atomic E-state index is 0.150. The van der Waals surface area contributed by atoms with E-state index in [9.17, 15) is 4.79 Å². The lowest BCUT2D eigenvalue weighted by Crippen LogP contribution is -2.40. The van der Waals surface area contributed by atoms with Gasteiger partial charge in [0.1, 0.15) is 0 Å². The van der Waals surface area contributed by atoms with Crippen molar-refractivity contribution in [2.45, 2.75) is 6.42 Å². The zero-order valence-electron chi connectivity index (χ0n) is 7.75. The molecule has 0 N–H and O–H groups in total. The van der Waals surface area contributed by atoms with Crippen LogP contribution in [0.5, 0.6) is 0 Å². The Kier molecular flexibility index (Phi) is 3.72. The summed E-state index contributed by atoms with van der Waals surface area (Å²) >= 11 is 1.94. The molecule has 0 bridgehead atoms. The maximum absolute atomic E-state index is 11.5. The summed E-state index contributed by atoms with van der Waals surface area (Å²) in [6.45, 7) is 1.83. The Labute approximate surface area is 78.1 Å². The molecule has 1 rings (SSSR count). The van der Waals surface area contributed by atoms with Crippen LogP contribution in [0, 0.1) is 0 Å². The van der Waals surface area contributed by atoms with Crippen LogP contribution in [0.25, 0.3) is 0 Å². The van der Waals surface area contributed by atoms with E-state index in [0.29, 0.717) is 0 Å². The Bertz CT molecular complexity index is 153. The third-order valence-electron chi connectivity index (χ3n) is 1.88. The number of hydrogen-bond acceptors (Lipinski definition) is 2. The molecule has 1 heterocycles. The van der Waals surface area contributed by atoms with Gasteiger partial charge >= 0.3 is 6.03 Å². The molecule has 0 radical (unpaired) electrons. The normalized spacial score (nSPS) is 18.7. The number of nitrogens with zero attached hydrogens (tertiary/aromatic N) is 2. The van der Waals surface area contributed by atoms with E-state index in [-0.39, 0.29) is 6.03 Å². The highest BCUT2D eigenvalue weighted by Gasteiger charge is 2.16. The van der Waals surface area contributed by atoms with Crippen molar-refractivity contribution >= 4 is 17.8 Å². The maximum Gasteiger partial charge on any atom is 0.319 e. The first kappa shape index (κ1) is 9.71. The van der Waals surface area contributed by atoms with Crippen LogP contribution in [0.4, 0.5) is 4.79 Å². The van der Waals surface area contributed by atoms with Crippen LogP contribution in [0.1, 0.15) is 6.42 Å². The first-order valence-electron chi connectivity index (χ1n) is 4.26. The van der Waals surface area contributed by atoms with Crippen LogP contribution >= 0.6 is 11.8 Å². The quantitative estimate of drug-likeness (QED) is 0.568. The molecule has 0 spiro atoms. The fraction of sp³-hybridized carbons (Fsp3) is 0.875. The van der Waals surface area contributed by atoms with Gasteiger partial charge in [0, 0.05) is 32.9 Å². The molecule has 0 aliphatic carbocycles. The number of carbonyl (C=O) groups excluding carboxylic acids is 1. The van der Waals surface area contributed by atoms with Gasteiger partial charge in [-0.05, 0) is 12.2 Å². The largest absolute Gasteiger partial charge is 0.331 e. The van der Waals surface area contributed by atoms with Gasteiger partial charge in [0.25, 0.3) is 0 Å². The number of urea groups is 1. The summed E-state index contributed by atoms with van der Waals surface area (Å²) in [6, 6.07) is 0.150. The molecule has 0 aromatic carbocycles. The smallest absolute Gasteiger partial charge is 0.319 e. The van der Waals surface area contributed by atoms with Gasteiger partial charge in [-0.25, -0.2) is 4.79 Å². The molecule has 2 amide bonds. The molecule has 12 heavy (non-hydrogen) atoms. The molecule has 0 aromatic heterocycles. The van der Waals surface area contributed by atoms with Crippen molar-refractivity contribution in [3.05, 3.63) is 0 Å². The van der Waals surface area contributed by atoms with E-state index in [2.05, 4.69) is 0 Å². The second kappa shape index (κ2) is 4.60. The summed E-state index contributed by atoms with van der Waals surface area (Å²) in [4.78, 5) is 15.1. The van der Waals surface area contributed by atoms with Gasteiger partial charge in [-0.1, -0.05) is 0 Å². The molecular weight excluding hydrogens is 172 g/mol. The Balaban J connectivity index is 2.43. The van der Waals surface area contributed by atoms with Crippen LogP contribution in [-0.2, 0) is 0 Å². The maximum atomic E-state index is 11.5. The van der Waals surface area contributed by atoms with Crippen molar-refractivity contribution < 1.29 is 4.79 Å². The SMILES string of the molecule is CN(C)C(=O)N1CCCSCC1. The van der Waals surface area contributed by atoms with Gasteiger partial charge in [0.05, 0.1) is 0 Å². The summed E-state index contributed by atoms with van der Waals surface area (Å²) in [6.07, 6.45) is 1.13. The van der Waals surface area contributed by atoms with Gasteiger partial charge in [-0.2, -0.15) is 11.8 Å². The predicted molar refractivity (Wildman–Crippen MR) is 52.6 cm³/mol. The zero-order valence-corrected chi connectivity index (χ0v) is 8.56. The first-order valence-corrected chi connectivity index (χ1v) is 5.41. The Morgan fingerprint density at radius 2 is 2.08 bits per heavy atom. The predicted octanol–water partition coefficient (Wildman–Crippen LogP) is 1.11. The van der Waals surface area contributed by atoms with E-state index in [0.717, 1.165) is 25.3 Å². The Morgan fingerprint density at radius 3 is 2.75 bits per heavy atom. The first-order chi connectivity index (χ1) is 5.72. The molecule has 1 aliphatic rings. The van der Waals surface area contributed by atoms with Gasteiger partial charge in [-0.15, -0.1) is 0 Å². The Hall–Kier alpha value is -0.380. The minimum atomic E-state index is 0.150. The second-order valence-corrected chi connectivity index (χ2v) is 4.35. The van der Waals surface area contributed by atoms with E-state index < -0.39 is 0 Å². The van der Waals surface area contributed by atoms with E-state index in [1.54, 1.807) is 19.0 Å². The van der Waals surface area contributed by atoms with E-state index >= 15 is 0 Å². The average Bonchev–Trinajstić information content (AvgIpc) is 2.30. The van der Waals surface area contributed by atoms with Gasteiger partial charge in [0.15, 0.2) is 0 Å². The molecule has 0 saturated carbocycles. The van der Waals surface area contributed by atoms with E-state index in [1.807, 2.05) is 16.7 Å². The van der Waals surface area contributed by atoms with Crippen molar-refractivity contribution in [2.24, 2.45) is 0 Å². The standard InChI is InChI=1S/C8H16N2OS/c1-9(2)8(11)10-4-3-6-12-7-5-10/h3-7H2,1-2H3. The zero-order chi connectivity index (χ0) is 8.97. The van der Waals surface area contributed by atoms with E-state index in [4.69, 9.17) is 0 Å². The van der Waals surface area contributed by atoms with Crippen molar-refractivity contribution in [1.29, 1.82) is 0 Å². The minimum Gasteiger partial charge on any atom is -0.331 e. The Morgan fingerprint density at radius 1 is 1.33 bits per heavy atom. The lowest BCUT2D eigenvalue weighted by molar-refractivity contribution is 0.175. The highest BCUT2D eigenvalue weighted by molar-refractivity contribution is 7.99. The highest BCUT2D eigenvalue weighted by Crippen LogP contribution is 2.10. The van der Waals surface area contributed by atoms with Crippen molar-refractivity contribution in [3.63, 3.8) is 0 Å². The molecule has 0 unspecified atom stereocenters. The molecule has 4 heteroatoms. The number of rotatable bonds is 0. The van der Waals surface area contributed by atoms with Gasteiger partial charge in [0.2, 0.25) is 0 Å².